The Balaban J connectivity index is 2.67. The minimum atomic E-state index is -4.34. The van der Waals surface area contributed by atoms with Crippen LogP contribution in [-0.2, 0) is 12.6 Å². The first kappa shape index (κ1) is 11.4. The van der Waals surface area contributed by atoms with Gasteiger partial charge in [-0.15, -0.1) is 0 Å². The Morgan fingerprint density at radius 1 is 1.38 bits per heavy atom. The second-order valence-corrected chi connectivity index (χ2v) is 4.24. The summed E-state index contributed by atoms with van der Waals surface area (Å²) < 4.78 is 37.9. The van der Waals surface area contributed by atoms with E-state index in [0.717, 1.165) is 12.1 Å². The predicted molar refractivity (Wildman–Crippen MR) is 58.2 cm³/mol. The number of aromatic nitrogens is 2. The standard InChI is InChI=1S/C10H8BrF3N2/c1-2-8-15-7-4-5(10(12,13)14)3-6(11)9(7)16-8/h3-4H,2H2,1H3,(H,15,16). The van der Waals surface area contributed by atoms with Crippen molar-refractivity contribution in [2.24, 2.45) is 0 Å². The molecule has 0 bridgehead atoms. The lowest BCUT2D eigenvalue weighted by Crippen LogP contribution is -2.04. The van der Waals surface area contributed by atoms with E-state index in [-0.39, 0.29) is 0 Å². The fraction of sp³-hybridized carbons (Fsp3) is 0.300. The number of rotatable bonds is 1. The lowest BCUT2D eigenvalue weighted by Gasteiger charge is -2.06. The van der Waals surface area contributed by atoms with Gasteiger partial charge in [-0.1, -0.05) is 6.92 Å². The number of aromatic amines is 1. The molecule has 2 aromatic rings. The highest BCUT2D eigenvalue weighted by Gasteiger charge is 2.31. The second kappa shape index (κ2) is 3.76. The van der Waals surface area contributed by atoms with Gasteiger partial charge in [0.25, 0.3) is 0 Å². The third-order valence-corrected chi connectivity index (χ3v) is 2.86. The quantitative estimate of drug-likeness (QED) is 0.848. The van der Waals surface area contributed by atoms with Crippen molar-refractivity contribution in [3.63, 3.8) is 0 Å². The van der Waals surface area contributed by atoms with Crippen molar-refractivity contribution in [2.45, 2.75) is 19.5 Å². The molecule has 0 aliphatic heterocycles. The molecule has 0 aliphatic rings. The maximum absolute atomic E-state index is 12.5. The van der Waals surface area contributed by atoms with Crippen LogP contribution in [0.2, 0.25) is 0 Å². The van der Waals surface area contributed by atoms with Crippen molar-refractivity contribution in [3.8, 4) is 0 Å². The first-order valence-electron chi connectivity index (χ1n) is 4.67. The van der Waals surface area contributed by atoms with Crippen LogP contribution in [0, 0.1) is 0 Å². The van der Waals surface area contributed by atoms with Crippen molar-refractivity contribution < 1.29 is 13.2 Å². The fourth-order valence-corrected chi connectivity index (χ4v) is 2.01. The van der Waals surface area contributed by atoms with Crippen molar-refractivity contribution >= 4 is 27.0 Å². The largest absolute Gasteiger partial charge is 0.416 e. The van der Waals surface area contributed by atoms with Gasteiger partial charge < -0.3 is 4.98 Å². The Hall–Kier alpha value is -1.04. The third-order valence-electron chi connectivity index (χ3n) is 2.25. The van der Waals surface area contributed by atoms with Crippen LogP contribution in [0.25, 0.3) is 11.0 Å². The number of imidazole rings is 1. The molecule has 1 heterocycles. The molecular weight excluding hydrogens is 285 g/mol. The van der Waals surface area contributed by atoms with Crippen molar-refractivity contribution in [2.75, 3.05) is 0 Å². The molecular formula is C10H8BrF3N2. The number of nitrogens with zero attached hydrogens (tertiary/aromatic N) is 1. The first-order valence-corrected chi connectivity index (χ1v) is 5.46. The van der Waals surface area contributed by atoms with Crippen LogP contribution in [0.15, 0.2) is 16.6 Å². The van der Waals surface area contributed by atoms with E-state index < -0.39 is 11.7 Å². The van der Waals surface area contributed by atoms with Crippen molar-refractivity contribution in [1.29, 1.82) is 0 Å². The molecule has 16 heavy (non-hydrogen) atoms. The van der Waals surface area contributed by atoms with Gasteiger partial charge in [-0.25, -0.2) is 4.98 Å². The van der Waals surface area contributed by atoms with Gasteiger partial charge in [0, 0.05) is 10.9 Å². The lowest BCUT2D eigenvalue weighted by atomic mass is 10.2. The van der Waals surface area contributed by atoms with Gasteiger partial charge in [-0.3, -0.25) is 0 Å². The molecule has 0 saturated carbocycles. The average molecular weight is 293 g/mol. The van der Waals surface area contributed by atoms with E-state index in [0.29, 0.717) is 27.8 Å². The Morgan fingerprint density at radius 2 is 2.06 bits per heavy atom. The molecule has 2 nitrogen and oxygen atoms in total. The van der Waals surface area contributed by atoms with E-state index >= 15 is 0 Å². The van der Waals surface area contributed by atoms with E-state index in [2.05, 4.69) is 25.9 Å². The van der Waals surface area contributed by atoms with Gasteiger partial charge in [-0.05, 0) is 28.1 Å². The van der Waals surface area contributed by atoms with E-state index in [4.69, 9.17) is 0 Å². The maximum Gasteiger partial charge on any atom is 0.416 e. The van der Waals surface area contributed by atoms with E-state index in [1.807, 2.05) is 6.92 Å². The van der Waals surface area contributed by atoms with Gasteiger partial charge in [0.05, 0.1) is 11.1 Å². The molecule has 86 valence electrons. The van der Waals surface area contributed by atoms with Crippen LogP contribution in [-0.4, -0.2) is 9.97 Å². The number of aryl methyl sites for hydroxylation is 1. The van der Waals surface area contributed by atoms with Crippen LogP contribution in [0.3, 0.4) is 0 Å². The Kier molecular flexibility index (Phi) is 2.69. The summed E-state index contributed by atoms with van der Waals surface area (Å²) in [4.78, 5) is 7.04. The number of hydrogen-bond acceptors (Lipinski definition) is 1. The van der Waals surface area contributed by atoms with Crippen LogP contribution >= 0.6 is 15.9 Å². The van der Waals surface area contributed by atoms with E-state index in [1.165, 1.54) is 0 Å². The van der Waals surface area contributed by atoms with Gasteiger partial charge >= 0.3 is 6.18 Å². The maximum atomic E-state index is 12.5. The van der Waals surface area contributed by atoms with E-state index in [1.54, 1.807) is 0 Å². The highest BCUT2D eigenvalue weighted by atomic mass is 79.9. The summed E-state index contributed by atoms with van der Waals surface area (Å²) in [6.45, 7) is 1.89. The molecule has 6 heteroatoms. The number of H-pyrrole nitrogens is 1. The van der Waals surface area contributed by atoms with Gasteiger partial charge in [0.15, 0.2) is 0 Å². The number of benzene rings is 1. The van der Waals surface area contributed by atoms with Gasteiger partial charge in [-0.2, -0.15) is 13.2 Å². The summed E-state index contributed by atoms with van der Waals surface area (Å²) in [5.74, 6) is 0.676. The third kappa shape index (κ3) is 1.93. The normalized spacial score (nSPS) is 12.3. The molecule has 0 spiro atoms. The minimum Gasteiger partial charge on any atom is -0.342 e. The monoisotopic (exact) mass is 292 g/mol. The minimum absolute atomic E-state index is 0.355. The second-order valence-electron chi connectivity index (χ2n) is 3.39. The molecule has 2 rings (SSSR count). The topological polar surface area (TPSA) is 28.7 Å². The highest BCUT2D eigenvalue weighted by molar-refractivity contribution is 9.10. The molecule has 0 unspecified atom stereocenters. The highest BCUT2D eigenvalue weighted by Crippen LogP contribution is 2.34. The van der Waals surface area contributed by atoms with Crippen LogP contribution < -0.4 is 0 Å². The van der Waals surface area contributed by atoms with Gasteiger partial charge in [0.1, 0.15) is 11.3 Å². The molecule has 0 saturated heterocycles. The SMILES string of the molecule is CCc1nc2c(Br)cc(C(F)(F)F)cc2[nH]1. The molecule has 0 fully saturated rings. The molecule has 0 atom stereocenters. The van der Waals surface area contributed by atoms with Crippen LogP contribution in [0.1, 0.15) is 18.3 Å². The number of hydrogen-bond donors (Lipinski definition) is 1. The predicted octanol–water partition coefficient (Wildman–Crippen LogP) is 3.91. The molecule has 0 radical (unpaired) electrons. The van der Waals surface area contributed by atoms with Gasteiger partial charge in [0.2, 0.25) is 0 Å². The Morgan fingerprint density at radius 3 is 2.62 bits per heavy atom. The molecule has 0 amide bonds. The summed E-state index contributed by atoms with van der Waals surface area (Å²) in [7, 11) is 0. The zero-order valence-electron chi connectivity index (χ0n) is 8.32. The zero-order valence-corrected chi connectivity index (χ0v) is 9.91. The lowest BCUT2D eigenvalue weighted by molar-refractivity contribution is -0.137. The summed E-state index contributed by atoms with van der Waals surface area (Å²) in [5, 5.41) is 0. The summed E-state index contributed by atoms with van der Waals surface area (Å²) in [6, 6.07) is 2.12. The van der Waals surface area contributed by atoms with Crippen LogP contribution in [0.4, 0.5) is 13.2 Å². The molecule has 1 N–H and O–H groups in total. The molecule has 0 aliphatic carbocycles. The first-order chi connectivity index (χ1) is 7.41. The summed E-state index contributed by atoms with van der Waals surface area (Å²) >= 11 is 3.10. The zero-order chi connectivity index (χ0) is 11.9. The Labute approximate surface area is 98.0 Å². The van der Waals surface area contributed by atoms with Crippen LogP contribution in [0.5, 0.6) is 0 Å². The summed E-state index contributed by atoms with van der Waals surface area (Å²) in [5.41, 5.74) is 0.251. The smallest absolute Gasteiger partial charge is 0.342 e. The fourth-order valence-electron chi connectivity index (χ4n) is 1.46. The van der Waals surface area contributed by atoms with Crippen molar-refractivity contribution in [1.82, 2.24) is 9.97 Å². The number of fused-ring (bicyclic) bond motifs is 1. The Bertz CT molecular complexity index is 531. The summed E-state index contributed by atoms with van der Waals surface area (Å²) in [6.07, 6.45) is -3.68. The molecule has 1 aromatic carbocycles. The van der Waals surface area contributed by atoms with Crippen molar-refractivity contribution in [3.05, 3.63) is 28.0 Å². The number of alkyl halides is 3. The molecule has 1 aromatic heterocycles. The number of nitrogens with one attached hydrogen (secondary N) is 1. The number of halogens is 4. The average Bonchev–Trinajstić information content (AvgIpc) is 2.59. The van der Waals surface area contributed by atoms with E-state index in [9.17, 15) is 13.2 Å².